The van der Waals surface area contributed by atoms with Crippen molar-refractivity contribution in [1.29, 1.82) is 0 Å². The number of nitrogens with two attached hydrogens (primary N) is 1. The number of methoxy groups -OCH3 is 1. The van der Waals surface area contributed by atoms with E-state index >= 15 is 0 Å². The van der Waals surface area contributed by atoms with Gasteiger partial charge in [-0.2, -0.15) is 16.7 Å². The molecule has 0 saturated carbocycles. The number of nitrogen functional groups attached to an aromatic ring is 1. The predicted octanol–water partition coefficient (Wildman–Crippen LogP) is 2.16. The molecule has 0 amide bonds. The van der Waals surface area contributed by atoms with Gasteiger partial charge in [-0.1, -0.05) is 6.92 Å². The molecule has 2 heterocycles. The van der Waals surface area contributed by atoms with E-state index in [1.165, 1.54) is 0 Å². The number of imidazole rings is 1. The van der Waals surface area contributed by atoms with E-state index in [2.05, 4.69) is 23.1 Å². The van der Waals surface area contributed by atoms with Crippen LogP contribution in [0.5, 0.6) is 5.88 Å². The fraction of sp³-hybridized carbons (Fsp3) is 0.500. The van der Waals surface area contributed by atoms with Crippen LogP contribution in [0.4, 0.5) is 5.95 Å². The van der Waals surface area contributed by atoms with Gasteiger partial charge in [0.15, 0.2) is 5.65 Å². The van der Waals surface area contributed by atoms with Gasteiger partial charge in [0.2, 0.25) is 11.8 Å². The normalized spacial score (nSPS) is 12.8. The number of hydrogen-bond donors (Lipinski definition) is 1. The smallest absolute Gasteiger partial charge is 0.215 e. The Morgan fingerprint density at radius 2 is 2.22 bits per heavy atom. The fourth-order valence-corrected chi connectivity index (χ4v) is 2.11. The number of fused-ring (bicyclic) bond motifs is 1. The molecular formula is C12H18N4OS. The number of anilines is 1. The Bertz CT molecular complexity index is 540. The molecule has 6 heteroatoms. The highest BCUT2D eigenvalue weighted by Crippen LogP contribution is 2.21. The van der Waals surface area contributed by atoms with Crippen molar-refractivity contribution in [3.63, 3.8) is 0 Å². The Morgan fingerprint density at radius 3 is 2.89 bits per heavy atom. The molecule has 0 spiro atoms. The molecule has 0 aliphatic carbocycles. The second kappa shape index (κ2) is 5.48. The molecule has 0 aliphatic heterocycles. The third kappa shape index (κ3) is 2.53. The maximum atomic E-state index is 5.94. The van der Waals surface area contributed by atoms with Gasteiger partial charge in [-0.05, 0) is 18.7 Å². The van der Waals surface area contributed by atoms with Crippen molar-refractivity contribution in [1.82, 2.24) is 14.5 Å². The second-order valence-electron chi connectivity index (χ2n) is 4.15. The van der Waals surface area contributed by atoms with Crippen LogP contribution in [0.3, 0.4) is 0 Å². The number of rotatable bonds is 5. The lowest BCUT2D eigenvalue weighted by Crippen LogP contribution is -2.08. The molecule has 0 saturated heterocycles. The van der Waals surface area contributed by atoms with Gasteiger partial charge in [0.25, 0.3) is 0 Å². The maximum Gasteiger partial charge on any atom is 0.215 e. The van der Waals surface area contributed by atoms with Crippen LogP contribution in [0.1, 0.15) is 13.3 Å². The number of ether oxygens (including phenoxy) is 1. The maximum absolute atomic E-state index is 5.94. The average molecular weight is 266 g/mol. The van der Waals surface area contributed by atoms with Crippen molar-refractivity contribution < 1.29 is 4.74 Å². The number of pyridine rings is 1. The Kier molecular flexibility index (Phi) is 3.96. The molecule has 2 aromatic rings. The van der Waals surface area contributed by atoms with E-state index in [1.807, 2.05) is 22.4 Å². The predicted molar refractivity (Wildman–Crippen MR) is 76.1 cm³/mol. The van der Waals surface area contributed by atoms with Crippen LogP contribution in [-0.2, 0) is 6.54 Å². The van der Waals surface area contributed by atoms with Crippen molar-refractivity contribution in [3.05, 3.63) is 12.1 Å². The second-order valence-corrected chi connectivity index (χ2v) is 5.43. The Hall–Kier alpha value is -1.43. The molecule has 2 aromatic heterocycles. The summed E-state index contributed by atoms with van der Waals surface area (Å²) in [6, 6.07) is 3.68. The van der Waals surface area contributed by atoms with Gasteiger partial charge < -0.3 is 10.5 Å². The number of hydrogen-bond acceptors (Lipinski definition) is 5. The van der Waals surface area contributed by atoms with Crippen LogP contribution < -0.4 is 10.5 Å². The molecule has 0 bridgehead atoms. The number of nitrogens with zero attached hydrogens (tertiary/aromatic N) is 3. The van der Waals surface area contributed by atoms with E-state index < -0.39 is 0 Å². The zero-order valence-electron chi connectivity index (χ0n) is 10.9. The fourth-order valence-electron chi connectivity index (χ4n) is 1.76. The number of aryl methyl sites for hydroxylation is 1. The molecule has 98 valence electrons. The van der Waals surface area contributed by atoms with E-state index in [0.29, 0.717) is 17.1 Å². The Labute approximate surface area is 111 Å². The summed E-state index contributed by atoms with van der Waals surface area (Å²) in [4.78, 5) is 8.72. The van der Waals surface area contributed by atoms with Crippen molar-refractivity contribution in [2.24, 2.45) is 0 Å². The lowest BCUT2D eigenvalue weighted by Gasteiger charge is -2.10. The minimum Gasteiger partial charge on any atom is -0.481 e. The van der Waals surface area contributed by atoms with E-state index in [1.54, 1.807) is 13.2 Å². The van der Waals surface area contributed by atoms with Gasteiger partial charge >= 0.3 is 0 Å². The molecule has 18 heavy (non-hydrogen) atoms. The van der Waals surface area contributed by atoms with Crippen molar-refractivity contribution in [3.8, 4) is 5.88 Å². The van der Waals surface area contributed by atoms with Gasteiger partial charge in [0.1, 0.15) is 5.52 Å². The van der Waals surface area contributed by atoms with Crippen LogP contribution in [0, 0.1) is 0 Å². The average Bonchev–Trinajstić information content (AvgIpc) is 2.70. The molecule has 1 atom stereocenters. The summed E-state index contributed by atoms with van der Waals surface area (Å²) in [5.41, 5.74) is 7.54. The molecule has 0 fully saturated rings. The third-order valence-electron chi connectivity index (χ3n) is 2.97. The van der Waals surface area contributed by atoms with Crippen molar-refractivity contribution >= 4 is 28.9 Å². The molecule has 0 aliphatic rings. The van der Waals surface area contributed by atoms with Crippen LogP contribution in [-0.4, -0.2) is 33.2 Å². The van der Waals surface area contributed by atoms with E-state index in [4.69, 9.17) is 10.5 Å². The van der Waals surface area contributed by atoms with Crippen molar-refractivity contribution in [2.75, 3.05) is 19.1 Å². The molecule has 1 unspecified atom stereocenters. The highest BCUT2D eigenvalue weighted by Gasteiger charge is 2.11. The third-order valence-corrected chi connectivity index (χ3v) is 4.01. The summed E-state index contributed by atoms with van der Waals surface area (Å²) < 4.78 is 7.09. The highest BCUT2D eigenvalue weighted by atomic mass is 32.2. The van der Waals surface area contributed by atoms with E-state index in [-0.39, 0.29) is 0 Å². The summed E-state index contributed by atoms with van der Waals surface area (Å²) in [5.74, 6) is 1.10. The minimum atomic E-state index is 0.513. The van der Waals surface area contributed by atoms with Crippen molar-refractivity contribution in [2.45, 2.75) is 25.1 Å². The number of thioether (sulfide) groups is 1. The van der Waals surface area contributed by atoms with E-state index in [0.717, 1.165) is 24.1 Å². The lowest BCUT2D eigenvalue weighted by molar-refractivity contribution is 0.399. The first kappa shape index (κ1) is 13.0. The Balaban J connectivity index is 2.32. The first-order chi connectivity index (χ1) is 8.65. The summed E-state index contributed by atoms with van der Waals surface area (Å²) in [6.07, 6.45) is 3.15. The quantitative estimate of drug-likeness (QED) is 0.898. The number of aromatic nitrogens is 3. The highest BCUT2D eigenvalue weighted by molar-refractivity contribution is 7.99. The van der Waals surface area contributed by atoms with Crippen LogP contribution in [0.15, 0.2) is 12.1 Å². The summed E-state index contributed by atoms with van der Waals surface area (Å²) in [5, 5.41) is 0.590. The van der Waals surface area contributed by atoms with Crippen LogP contribution in [0.25, 0.3) is 11.2 Å². The summed E-state index contributed by atoms with van der Waals surface area (Å²) >= 11 is 1.85. The van der Waals surface area contributed by atoms with Gasteiger partial charge in [-0.25, -0.2) is 4.98 Å². The van der Waals surface area contributed by atoms with Gasteiger partial charge in [0, 0.05) is 17.9 Å². The van der Waals surface area contributed by atoms with Gasteiger partial charge in [0.05, 0.1) is 7.11 Å². The van der Waals surface area contributed by atoms with Gasteiger partial charge in [-0.3, -0.25) is 4.57 Å². The summed E-state index contributed by atoms with van der Waals surface area (Å²) in [7, 11) is 1.61. The molecule has 5 nitrogen and oxygen atoms in total. The zero-order valence-corrected chi connectivity index (χ0v) is 11.7. The standard InChI is InChI=1S/C12H18N4OS/c1-8(18-3)6-7-16-11-9(14-12(16)13)4-5-10(15-11)17-2/h4-5,8H,6-7H2,1-3H3,(H2,13,14). The topological polar surface area (TPSA) is 66.0 Å². The van der Waals surface area contributed by atoms with E-state index in [9.17, 15) is 0 Å². The molecule has 0 aromatic carbocycles. The molecule has 2 N–H and O–H groups in total. The van der Waals surface area contributed by atoms with Crippen LogP contribution >= 0.6 is 11.8 Å². The molecule has 0 radical (unpaired) electrons. The molecular weight excluding hydrogens is 248 g/mol. The monoisotopic (exact) mass is 266 g/mol. The minimum absolute atomic E-state index is 0.513. The Morgan fingerprint density at radius 1 is 1.44 bits per heavy atom. The van der Waals surface area contributed by atoms with Gasteiger partial charge in [-0.15, -0.1) is 0 Å². The SMILES string of the molecule is COc1ccc2nc(N)n(CCC(C)SC)c2n1. The zero-order chi connectivity index (χ0) is 13.1. The lowest BCUT2D eigenvalue weighted by atomic mass is 10.3. The largest absolute Gasteiger partial charge is 0.481 e. The van der Waals surface area contributed by atoms with Crippen LogP contribution in [0.2, 0.25) is 0 Å². The first-order valence-electron chi connectivity index (χ1n) is 5.85. The first-order valence-corrected chi connectivity index (χ1v) is 7.14. The summed E-state index contributed by atoms with van der Waals surface area (Å²) in [6.45, 7) is 3.03. The molecule has 2 rings (SSSR count).